The van der Waals surface area contributed by atoms with E-state index in [1.165, 1.54) is 11.5 Å². The molecule has 92 valence electrons. The van der Waals surface area contributed by atoms with Crippen molar-refractivity contribution in [3.63, 3.8) is 0 Å². The minimum atomic E-state index is 0.780. The average Bonchev–Trinajstić information content (AvgIpc) is 2.95. The van der Waals surface area contributed by atoms with Crippen LogP contribution in [0.3, 0.4) is 0 Å². The maximum absolute atomic E-state index is 4.11. The van der Waals surface area contributed by atoms with Crippen LogP contribution in [0.4, 0.5) is 5.00 Å². The quantitative estimate of drug-likeness (QED) is 0.823. The van der Waals surface area contributed by atoms with Crippen LogP contribution in [0.1, 0.15) is 12.6 Å². The normalized spacial score (nSPS) is 10.7. The van der Waals surface area contributed by atoms with Gasteiger partial charge in [-0.2, -0.15) is 0 Å². The maximum atomic E-state index is 4.11. The van der Waals surface area contributed by atoms with E-state index in [0.717, 1.165) is 31.7 Å². The number of hydrogen-bond donors (Lipinski definition) is 1. The first-order chi connectivity index (χ1) is 8.33. The smallest absolute Gasteiger partial charge is 0.175 e. The van der Waals surface area contributed by atoms with Crippen molar-refractivity contribution in [2.75, 3.05) is 18.1 Å². The van der Waals surface area contributed by atoms with Gasteiger partial charge in [0.2, 0.25) is 0 Å². The van der Waals surface area contributed by atoms with E-state index in [4.69, 9.17) is 0 Å². The molecule has 0 aliphatic carbocycles. The molecule has 2 aromatic rings. The van der Waals surface area contributed by atoms with E-state index in [9.17, 15) is 0 Å². The molecule has 0 unspecified atom stereocenters. The highest BCUT2D eigenvalue weighted by molar-refractivity contribution is 8.02. The first kappa shape index (κ1) is 13.1. The highest BCUT2D eigenvalue weighted by Crippen LogP contribution is 2.31. The summed E-state index contributed by atoms with van der Waals surface area (Å²) in [5.41, 5.74) is 0.989. The van der Waals surface area contributed by atoms with Crippen molar-refractivity contribution in [3.05, 3.63) is 5.69 Å². The minimum Gasteiger partial charge on any atom is -0.374 e. The molecule has 2 rings (SSSR count). The Kier molecular flexibility index (Phi) is 5.01. The summed E-state index contributed by atoms with van der Waals surface area (Å²) in [5, 5.41) is 16.6. The molecule has 0 amide bonds. The standard InChI is InChI=1S/C8H11N5S4/c1-3-9-6-5(10-13-17-6)4-15-8-12-11-7(14-2)16-8/h9H,3-4H2,1-2H3. The molecule has 0 radical (unpaired) electrons. The van der Waals surface area contributed by atoms with Gasteiger partial charge in [0.25, 0.3) is 0 Å². The van der Waals surface area contributed by atoms with Crippen LogP contribution in [0.25, 0.3) is 0 Å². The van der Waals surface area contributed by atoms with Gasteiger partial charge in [-0.25, -0.2) is 0 Å². The van der Waals surface area contributed by atoms with Crippen molar-refractivity contribution >= 4 is 51.4 Å². The summed E-state index contributed by atoms with van der Waals surface area (Å²) in [6.07, 6.45) is 2.00. The molecule has 9 heteroatoms. The number of hydrogen-bond acceptors (Lipinski definition) is 9. The van der Waals surface area contributed by atoms with E-state index in [-0.39, 0.29) is 0 Å². The van der Waals surface area contributed by atoms with Crippen molar-refractivity contribution in [1.82, 2.24) is 19.8 Å². The highest BCUT2D eigenvalue weighted by atomic mass is 32.2. The molecule has 0 bridgehead atoms. The molecule has 0 spiro atoms. The number of rotatable bonds is 6. The summed E-state index contributed by atoms with van der Waals surface area (Å²) >= 11 is 6.28. The Labute approximate surface area is 116 Å². The summed E-state index contributed by atoms with van der Waals surface area (Å²) in [6, 6.07) is 0. The molecule has 0 atom stereocenters. The second-order valence-corrected chi connectivity index (χ2v) is 6.91. The molecule has 2 heterocycles. The molecule has 0 saturated heterocycles. The van der Waals surface area contributed by atoms with Gasteiger partial charge < -0.3 is 5.32 Å². The lowest BCUT2D eigenvalue weighted by Crippen LogP contribution is -1.97. The SMILES string of the molecule is CCNc1snnc1CSc1nnc(SC)s1. The van der Waals surface area contributed by atoms with Crippen LogP contribution in [0, 0.1) is 0 Å². The molecular formula is C8H11N5S4. The monoisotopic (exact) mass is 305 g/mol. The Morgan fingerprint density at radius 3 is 2.76 bits per heavy atom. The molecular weight excluding hydrogens is 294 g/mol. The van der Waals surface area contributed by atoms with E-state index >= 15 is 0 Å². The molecule has 0 saturated carbocycles. The van der Waals surface area contributed by atoms with E-state index in [1.807, 2.05) is 6.26 Å². The Hall–Kier alpha value is -0.380. The second kappa shape index (κ2) is 6.53. The molecule has 2 aromatic heterocycles. The predicted molar refractivity (Wildman–Crippen MR) is 75.3 cm³/mol. The van der Waals surface area contributed by atoms with Crippen molar-refractivity contribution in [3.8, 4) is 0 Å². The van der Waals surface area contributed by atoms with Crippen LogP contribution in [0.15, 0.2) is 8.68 Å². The molecule has 5 nitrogen and oxygen atoms in total. The summed E-state index contributed by atoms with van der Waals surface area (Å²) in [5.74, 6) is 0.780. The zero-order chi connectivity index (χ0) is 12.1. The van der Waals surface area contributed by atoms with Crippen molar-refractivity contribution in [2.45, 2.75) is 21.4 Å². The Balaban J connectivity index is 1.94. The van der Waals surface area contributed by atoms with Gasteiger partial charge in [-0.05, 0) is 13.2 Å². The van der Waals surface area contributed by atoms with Crippen LogP contribution >= 0.6 is 46.4 Å². The second-order valence-electron chi connectivity index (χ2n) is 2.91. The lowest BCUT2D eigenvalue weighted by atomic mass is 10.5. The van der Waals surface area contributed by atoms with Crippen molar-refractivity contribution in [1.29, 1.82) is 0 Å². The topological polar surface area (TPSA) is 63.6 Å². The van der Waals surface area contributed by atoms with E-state index in [2.05, 4.69) is 32.0 Å². The third-order valence-electron chi connectivity index (χ3n) is 1.79. The van der Waals surface area contributed by atoms with E-state index in [0.29, 0.717) is 0 Å². The lowest BCUT2D eigenvalue weighted by molar-refractivity contribution is 0.954. The molecule has 17 heavy (non-hydrogen) atoms. The van der Waals surface area contributed by atoms with Gasteiger partial charge in [-0.1, -0.05) is 39.3 Å². The zero-order valence-electron chi connectivity index (χ0n) is 9.34. The van der Waals surface area contributed by atoms with Gasteiger partial charge in [0, 0.05) is 23.8 Å². The van der Waals surface area contributed by atoms with Crippen molar-refractivity contribution in [2.24, 2.45) is 0 Å². The van der Waals surface area contributed by atoms with Crippen LogP contribution in [-0.4, -0.2) is 32.6 Å². The van der Waals surface area contributed by atoms with E-state index in [1.54, 1.807) is 34.9 Å². The summed E-state index contributed by atoms with van der Waals surface area (Å²) < 4.78 is 5.93. The van der Waals surface area contributed by atoms with Crippen LogP contribution in [0.5, 0.6) is 0 Å². The molecule has 0 aliphatic rings. The predicted octanol–water partition coefficient (Wildman–Crippen LogP) is 2.84. The van der Waals surface area contributed by atoms with E-state index < -0.39 is 0 Å². The molecule has 1 N–H and O–H groups in total. The highest BCUT2D eigenvalue weighted by Gasteiger charge is 2.10. The Morgan fingerprint density at radius 1 is 1.24 bits per heavy atom. The third-order valence-corrected chi connectivity index (χ3v) is 5.56. The number of nitrogens with zero attached hydrogens (tertiary/aromatic N) is 4. The van der Waals surface area contributed by atoms with Gasteiger partial charge in [-0.15, -0.1) is 15.3 Å². The molecule has 0 aliphatic heterocycles. The fourth-order valence-corrected chi connectivity index (χ4v) is 4.18. The first-order valence-corrected chi connectivity index (χ1v) is 8.69. The zero-order valence-corrected chi connectivity index (χ0v) is 12.6. The molecule has 0 fully saturated rings. The first-order valence-electron chi connectivity index (χ1n) is 4.89. The van der Waals surface area contributed by atoms with Gasteiger partial charge >= 0.3 is 0 Å². The van der Waals surface area contributed by atoms with Gasteiger partial charge in [0.1, 0.15) is 10.7 Å². The largest absolute Gasteiger partial charge is 0.374 e. The Bertz CT molecular complexity index is 468. The summed E-state index contributed by atoms with van der Waals surface area (Å²) in [6.45, 7) is 2.95. The van der Waals surface area contributed by atoms with Crippen LogP contribution in [0.2, 0.25) is 0 Å². The van der Waals surface area contributed by atoms with Crippen molar-refractivity contribution < 1.29 is 0 Å². The van der Waals surface area contributed by atoms with Crippen LogP contribution in [-0.2, 0) is 5.75 Å². The van der Waals surface area contributed by atoms with Crippen LogP contribution < -0.4 is 5.32 Å². The number of anilines is 1. The fraction of sp³-hybridized carbons (Fsp3) is 0.500. The average molecular weight is 305 g/mol. The Morgan fingerprint density at radius 2 is 2.06 bits per heavy atom. The van der Waals surface area contributed by atoms with Gasteiger partial charge in [0.15, 0.2) is 8.68 Å². The van der Waals surface area contributed by atoms with Gasteiger partial charge in [0.05, 0.1) is 0 Å². The molecule has 0 aromatic carbocycles. The minimum absolute atomic E-state index is 0.780. The number of nitrogens with one attached hydrogen (secondary N) is 1. The third kappa shape index (κ3) is 3.54. The summed E-state index contributed by atoms with van der Waals surface area (Å²) in [7, 11) is 0. The summed E-state index contributed by atoms with van der Waals surface area (Å²) in [4.78, 5) is 0. The number of aromatic nitrogens is 4. The number of thioether (sulfide) groups is 2. The maximum Gasteiger partial charge on any atom is 0.175 e. The fourth-order valence-electron chi connectivity index (χ4n) is 1.07. The van der Waals surface area contributed by atoms with Gasteiger partial charge in [-0.3, -0.25) is 0 Å². The lowest BCUT2D eigenvalue weighted by Gasteiger charge is -1.99.